The van der Waals surface area contributed by atoms with E-state index in [1.165, 1.54) is 11.3 Å². The van der Waals surface area contributed by atoms with Crippen LogP contribution in [0.5, 0.6) is 0 Å². The Balaban J connectivity index is 2.08. The molecule has 0 aromatic heterocycles. The van der Waals surface area contributed by atoms with Crippen molar-refractivity contribution in [2.45, 2.75) is 20.8 Å². The monoisotopic (exact) mass is 267 g/mol. The van der Waals surface area contributed by atoms with Crippen molar-refractivity contribution in [1.82, 2.24) is 0 Å². The highest BCUT2D eigenvalue weighted by Crippen LogP contribution is 2.22. The molecule has 0 saturated heterocycles. The summed E-state index contributed by atoms with van der Waals surface area (Å²) in [5, 5.41) is 8.51. The van der Waals surface area contributed by atoms with Gasteiger partial charge in [-0.1, -0.05) is 17.7 Å². The molecule has 0 spiro atoms. The van der Waals surface area contributed by atoms with Gasteiger partial charge in [-0.2, -0.15) is 10.2 Å². The van der Waals surface area contributed by atoms with Crippen LogP contribution in [-0.4, -0.2) is 13.1 Å². The first-order valence-corrected chi connectivity index (χ1v) is 7.06. The van der Waals surface area contributed by atoms with Gasteiger partial charge in [-0.05, 0) is 57.2 Å². The lowest BCUT2D eigenvalue weighted by atomic mass is 10.2. The van der Waals surface area contributed by atoms with E-state index in [9.17, 15) is 0 Å². The molecule has 104 valence electrons. The highest BCUT2D eigenvalue weighted by molar-refractivity contribution is 5.52. The summed E-state index contributed by atoms with van der Waals surface area (Å²) < 4.78 is 0. The second-order valence-corrected chi connectivity index (χ2v) is 4.72. The fraction of sp³-hybridized carbons (Fsp3) is 0.294. The Hall–Kier alpha value is -2.16. The third-order valence-corrected chi connectivity index (χ3v) is 3.29. The summed E-state index contributed by atoms with van der Waals surface area (Å²) in [6.07, 6.45) is 0. The van der Waals surface area contributed by atoms with E-state index in [0.717, 1.165) is 24.5 Å². The van der Waals surface area contributed by atoms with Gasteiger partial charge in [0.2, 0.25) is 0 Å². The largest absolute Gasteiger partial charge is 0.372 e. The number of nitrogens with zero attached hydrogens (tertiary/aromatic N) is 3. The molecular formula is C17H21N3. The maximum absolute atomic E-state index is 4.26. The molecule has 20 heavy (non-hydrogen) atoms. The van der Waals surface area contributed by atoms with Crippen LogP contribution in [0, 0.1) is 6.92 Å². The molecule has 0 heterocycles. The Kier molecular flexibility index (Phi) is 4.88. The molecule has 0 atom stereocenters. The molecule has 2 rings (SSSR count). The minimum Gasteiger partial charge on any atom is -0.372 e. The second-order valence-electron chi connectivity index (χ2n) is 4.72. The summed E-state index contributed by atoms with van der Waals surface area (Å²) in [6, 6.07) is 16.2. The third kappa shape index (κ3) is 3.67. The number of anilines is 1. The molecule has 0 N–H and O–H groups in total. The fourth-order valence-corrected chi connectivity index (χ4v) is 2.05. The van der Waals surface area contributed by atoms with Gasteiger partial charge in [0.25, 0.3) is 0 Å². The quantitative estimate of drug-likeness (QED) is 0.679. The van der Waals surface area contributed by atoms with Gasteiger partial charge >= 0.3 is 0 Å². The number of aryl methyl sites for hydroxylation is 1. The zero-order valence-corrected chi connectivity index (χ0v) is 12.4. The van der Waals surface area contributed by atoms with E-state index < -0.39 is 0 Å². The maximum atomic E-state index is 4.26. The highest BCUT2D eigenvalue weighted by atomic mass is 15.1. The fourth-order valence-electron chi connectivity index (χ4n) is 2.05. The highest BCUT2D eigenvalue weighted by Gasteiger charge is 2.00. The SMILES string of the molecule is CCN(CC)c1ccc(/N=N/c2ccc(C)cc2)cc1. The molecule has 0 bridgehead atoms. The molecule has 2 aromatic carbocycles. The van der Waals surface area contributed by atoms with Crippen molar-refractivity contribution in [2.75, 3.05) is 18.0 Å². The standard InChI is InChI=1S/C17H21N3/c1-4-20(5-2)17-12-10-16(11-13-17)19-18-15-8-6-14(3)7-9-15/h6-13H,4-5H2,1-3H3/b19-18+. The number of hydrogen-bond acceptors (Lipinski definition) is 3. The van der Waals surface area contributed by atoms with E-state index >= 15 is 0 Å². The van der Waals surface area contributed by atoms with Crippen LogP contribution >= 0.6 is 0 Å². The topological polar surface area (TPSA) is 28.0 Å². The summed E-state index contributed by atoms with van der Waals surface area (Å²) in [5.41, 5.74) is 4.21. The van der Waals surface area contributed by atoms with Crippen molar-refractivity contribution >= 4 is 17.1 Å². The van der Waals surface area contributed by atoms with E-state index in [0.29, 0.717) is 0 Å². The number of azo groups is 1. The minimum atomic E-state index is 0.876. The van der Waals surface area contributed by atoms with Crippen LogP contribution in [0.3, 0.4) is 0 Å². The van der Waals surface area contributed by atoms with Crippen molar-refractivity contribution in [1.29, 1.82) is 0 Å². The lowest BCUT2D eigenvalue weighted by molar-refractivity contribution is 0.866. The van der Waals surface area contributed by atoms with Crippen molar-refractivity contribution in [3.63, 3.8) is 0 Å². The summed E-state index contributed by atoms with van der Waals surface area (Å²) in [6.45, 7) is 8.41. The predicted molar refractivity (Wildman–Crippen MR) is 85.4 cm³/mol. The zero-order valence-electron chi connectivity index (χ0n) is 12.4. The first-order valence-electron chi connectivity index (χ1n) is 7.06. The molecule has 2 aromatic rings. The molecule has 3 heteroatoms. The van der Waals surface area contributed by atoms with Gasteiger partial charge in [-0.25, -0.2) is 0 Å². The van der Waals surface area contributed by atoms with Crippen molar-refractivity contribution in [3.8, 4) is 0 Å². The molecule has 0 aliphatic rings. The normalized spacial score (nSPS) is 10.9. The van der Waals surface area contributed by atoms with Gasteiger partial charge in [0.05, 0.1) is 11.4 Å². The van der Waals surface area contributed by atoms with Gasteiger partial charge in [0.15, 0.2) is 0 Å². The summed E-state index contributed by atoms with van der Waals surface area (Å²) in [4.78, 5) is 2.31. The Labute approximate surface area is 121 Å². The molecule has 0 radical (unpaired) electrons. The van der Waals surface area contributed by atoms with Crippen LogP contribution < -0.4 is 4.90 Å². The second kappa shape index (κ2) is 6.85. The van der Waals surface area contributed by atoms with Crippen molar-refractivity contribution < 1.29 is 0 Å². The van der Waals surface area contributed by atoms with Crippen molar-refractivity contribution in [3.05, 3.63) is 54.1 Å². The van der Waals surface area contributed by atoms with Crippen LogP contribution in [0.4, 0.5) is 17.1 Å². The summed E-state index contributed by atoms with van der Waals surface area (Å²) in [5.74, 6) is 0. The molecular weight excluding hydrogens is 246 g/mol. The van der Waals surface area contributed by atoms with Crippen LogP contribution in [-0.2, 0) is 0 Å². The van der Waals surface area contributed by atoms with Gasteiger partial charge < -0.3 is 4.90 Å². The molecule has 0 aliphatic heterocycles. The smallest absolute Gasteiger partial charge is 0.0858 e. The molecule has 3 nitrogen and oxygen atoms in total. The van der Waals surface area contributed by atoms with E-state index in [1.54, 1.807) is 0 Å². The molecule has 0 fully saturated rings. The number of benzene rings is 2. The Morgan fingerprint density at radius 2 is 1.20 bits per heavy atom. The molecule has 0 saturated carbocycles. The van der Waals surface area contributed by atoms with E-state index in [4.69, 9.17) is 0 Å². The van der Waals surface area contributed by atoms with Gasteiger partial charge in [0.1, 0.15) is 0 Å². The Bertz CT molecular complexity index is 552. The lowest BCUT2D eigenvalue weighted by Gasteiger charge is -2.20. The average Bonchev–Trinajstić information content (AvgIpc) is 2.49. The van der Waals surface area contributed by atoms with E-state index in [2.05, 4.69) is 48.0 Å². The molecule has 0 unspecified atom stereocenters. The lowest BCUT2D eigenvalue weighted by Crippen LogP contribution is -2.21. The van der Waals surface area contributed by atoms with Gasteiger partial charge in [-0.15, -0.1) is 0 Å². The third-order valence-electron chi connectivity index (χ3n) is 3.29. The van der Waals surface area contributed by atoms with Crippen LogP contribution in [0.25, 0.3) is 0 Å². The first kappa shape index (κ1) is 14.3. The minimum absolute atomic E-state index is 0.876. The van der Waals surface area contributed by atoms with Crippen LogP contribution in [0.15, 0.2) is 58.8 Å². The Morgan fingerprint density at radius 1 is 0.750 bits per heavy atom. The average molecular weight is 267 g/mol. The summed E-state index contributed by atoms with van der Waals surface area (Å²) in [7, 11) is 0. The molecule has 0 aliphatic carbocycles. The van der Waals surface area contributed by atoms with Crippen molar-refractivity contribution in [2.24, 2.45) is 10.2 Å². The van der Waals surface area contributed by atoms with E-state index in [1.807, 2.05) is 36.4 Å². The predicted octanol–water partition coefficient (Wildman–Crippen LogP) is 5.26. The van der Waals surface area contributed by atoms with Gasteiger partial charge in [-0.3, -0.25) is 0 Å². The maximum Gasteiger partial charge on any atom is 0.0858 e. The van der Waals surface area contributed by atoms with Gasteiger partial charge in [0, 0.05) is 18.8 Å². The molecule has 0 amide bonds. The zero-order chi connectivity index (χ0) is 14.4. The first-order chi connectivity index (χ1) is 9.72. The summed E-state index contributed by atoms with van der Waals surface area (Å²) >= 11 is 0. The number of hydrogen-bond donors (Lipinski definition) is 0. The van der Waals surface area contributed by atoms with Crippen LogP contribution in [0.2, 0.25) is 0 Å². The number of rotatable bonds is 5. The van der Waals surface area contributed by atoms with Crippen LogP contribution in [0.1, 0.15) is 19.4 Å². The van der Waals surface area contributed by atoms with E-state index in [-0.39, 0.29) is 0 Å². The Morgan fingerprint density at radius 3 is 1.65 bits per heavy atom.